The van der Waals surface area contributed by atoms with Crippen molar-refractivity contribution in [1.82, 2.24) is 5.32 Å². The predicted molar refractivity (Wildman–Crippen MR) is 60.2 cm³/mol. The van der Waals surface area contributed by atoms with E-state index in [0.29, 0.717) is 17.6 Å². The molecule has 0 atom stereocenters. The number of ether oxygens (including phenoxy) is 1. The third-order valence-electron chi connectivity index (χ3n) is 1.74. The number of nitrogens with zero attached hydrogens (tertiary/aromatic N) is 1. The van der Waals surface area contributed by atoms with Crippen LogP contribution in [0.15, 0.2) is 22.7 Å². The number of hydrogen-bond acceptors (Lipinski definition) is 4. The fourth-order valence-electron chi connectivity index (χ4n) is 1.04. The van der Waals surface area contributed by atoms with E-state index in [1.54, 1.807) is 19.2 Å². The summed E-state index contributed by atoms with van der Waals surface area (Å²) in [5.41, 5.74) is -0.0273. The Kier molecular flexibility index (Phi) is 4.51. The Morgan fingerprint density at radius 3 is 2.93 bits per heavy atom. The second kappa shape index (κ2) is 5.67. The van der Waals surface area contributed by atoms with E-state index in [9.17, 15) is 10.1 Å². The zero-order valence-electron chi connectivity index (χ0n) is 8.20. The molecule has 15 heavy (non-hydrogen) atoms. The van der Waals surface area contributed by atoms with Crippen LogP contribution in [-0.4, -0.2) is 25.1 Å². The summed E-state index contributed by atoms with van der Waals surface area (Å²) in [6.07, 6.45) is 0. The van der Waals surface area contributed by atoms with Crippen molar-refractivity contribution in [2.24, 2.45) is 0 Å². The van der Waals surface area contributed by atoms with Crippen molar-refractivity contribution in [2.75, 3.05) is 20.2 Å². The number of benzene rings is 1. The van der Waals surface area contributed by atoms with Gasteiger partial charge in [0.1, 0.15) is 6.61 Å². The van der Waals surface area contributed by atoms with Crippen LogP contribution in [-0.2, 0) is 0 Å². The number of likely N-dealkylation sites (N-methyl/N-ethyl adjacent to an activating group) is 1. The summed E-state index contributed by atoms with van der Waals surface area (Å²) in [5, 5.41) is 13.6. The van der Waals surface area contributed by atoms with Crippen LogP contribution in [0, 0.1) is 10.1 Å². The summed E-state index contributed by atoms with van der Waals surface area (Å²) in [4.78, 5) is 10.2. The molecule has 0 unspecified atom stereocenters. The van der Waals surface area contributed by atoms with Crippen molar-refractivity contribution in [1.29, 1.82) is 0 Å². The Hall–Kier alpha value is -1.14. The molecule has 0 aliphatic heterocycles. The standard InChI is InChI=1S/C9H11BrN2O3/c1-11-5-6-15-9-7(10)3-2-4-8(9)12(13)14/h2-4,11H,5-6H2,1H3. The summed E-state index contributed by atoms with van der Waals surface area (Å²) in [6.45, 7) is 1.03. The van der Waals surface area contributed by atoms with Crippen LogP contribution in [0.5, 0.6) is 5.75 Å². The molecule has 0 saturated carbocycles. The Labute approximate surface area is 95.7 Å². The molecule has 0 aliphatic carbocycles. The lowest BCUT2D eigenvalue weighted by Crippen LogP contribution is -2.16. The summed E-state index contributed by atoms with van der Waals surface area (Å²) >= 11 is 3.22. The number of hydrogen-bond donors (Lipinski definition) is 1. The highest BCUT2D eigenvalue weighted by molar-refractivity contribution is 9.10. The molecule has 0 saturated heterocycles. The van der Waals surface area contributed by atoms with Crippen molar-refractivity contribution in [2.45, 2.75) is 0 Å². The third kappa shape index (κ3) is 3.17. The van der Waals surface area contributed by atoms with Crippen LogP contribution in [0.3, 0.4) is 0 Å². The Morgan fingerprint density at radius 1 is 1.60 bits per heavy atom. The molecule has 1 N–H and O–H groups in total. The Morgan fingerprint density at radius 2 is 2.33 bits per heavy atom. The Balaban J connectivity index is 2.87. The zero-order valence-corrected chi connectivity index (χ0v) is 9.78. The van der Waals surface area contributed by atoms with Gasteiger partial charge in [-0.1, -0.05) is 6.07 Å². The van der Waals surface area contributed by atoms with E-state index in [4.69, 9.17) is 4.74 Å². The minimum Gasteiger partial charge on any atom is -0.485 e. The SMILES string of the molecule is CNCCOc1c(Br)cccc1[N+](=O)[O-]. The van der Waals surface area contributed by atoms with Crippen LogP contribution in [0.1, 0.15) is 0 Å². The average molecular weight is 275 g/mol. The number of para-hydroxylation sites is 1. The van der Waals surface area contributed by atoms with Gasteiger partial charge in [0.05, 0.1) is 9.40 Å². The third-order valence-corrected chi connectivity index (χ3v) is 2.37. The first-order chi connectivity index (χ1) is 7.16. The molecule has 1 rings (SSSR count). The predicted octanol–water partition coefficient (Wildman–Crippen LogP) is 1.96. The molecule has 0 aromatic heterocycles. The number of nitrogens with one attached hydrogen (secondary N) is 1. The second-order valence-electron chi connectivity index (χ2n) is 2.80. The molecule has 0 amide bonds. The minimum atomic E-state index is -0.459. The van der Waals surface area contributed by atoms with Gasteiger partial charge in [-0.2, -0.15) is 0 Å². The van der Waals surface area contributed by atoms with Crippen LogP contribution in [0.2, 0.25) is 0 Å². The van der Waals surface area contributed by atoms with E-state index in [-0.39, 0.29) is 11.4 Å². The van der Waals surface area contributed by atoms with Crippen molar-refractivity contribution in [3.63, 3.8) is 0 Å². The minimum absolute atomic E-state index is 0.0273. The van der Waals surface area contributed by atoms with Crippen molar-refractivity contribution >= 4 is 21.6 Å². The fraction of sp³-hybridized carbons (Fsp3) is 0.333. The van der Waals surface area contributed by atoms with Crippen LogP contribution >= 0.6 is 15.9 Å². The van der Waals surface area contributed by atoms with Crippen molar-refractivity contribution < 1.29 is 9.66 Å². The fourth-order valence-corrected chi connectivity index (χ4v) is 1.51. The lowest BCUT2D eigenvalue weighted by Gasteiger charge is -2.07. The number of halogens is 1. The maximum atomic E-state index is 10.7. The zero-order chi connectivity index (χ0) is 11.3. The molecular weight excluding hydrogens is 264 g/mol. The van der Waals surface area contributed by atoms with Crippen molar-refractivity contribution in [3.8, 4) is 5.75 Å². The van der Waals surface area contributed by atoms with E-state index in [1.165, 1.54) is 6.07 Å². The summed E-state index contributed by atoms with van der Waals surface area (Å²) in [7, 11) is 1.79. The normalized spacial score (nSPS) is 10.0. The molecule has 1 aromatic rings. The second-order valence-corrected chi connectivity index (χ2v) is 3.65. The van der Waals surface area contributed by atoms with Crippen LogP contribution in [0.4, 0.5) is 5.69 Å². The molecule has 0 aliphatic rings. The van der Waals surface area contributed by atoms with E-state index in [1.807, 2.05) is 0 Å². The smallest absolute Gasteiger partial charge is 0.312 e. The maximum absolute atomic E-state index is 10.7. The van der Waals surface area contributed by atoms with Gasteiger partial charge in [-0.3, -0.25) is 10.1 Å². The average Bonchev–Trinajstić information content (AvgIpc) is 2.20. The number of nitro groups is 1. The lowest BCUT2D eigenvalue weighted by atomic mass is 10.3. The first kappa shape index (κ1) is 11.9. The van der Waals surface area contributed by atoms with Crippen molar-refractivity contribution in [3.05, 3.63) is 32.8 Å². The van der Waals surface area contributed by atoms with Gasteiger partial charge in [0.25, 0.3) is 0 Å². The number of nitro benzene ring substituents is 1. The Bertz CT molecular complexity index is 357. The molecule has 82 valence electrons. The van der Waals surface area contributed by atoms with E-state index >= 15 is 0 Å². The molecule has 5 nitrogen and oxygen atoms in total. The maximum Gasteiger partial charge on any atom is 0.312 e. The highest BCUT2D eigenvalue weighted by Crippen LogP contribution is 2.34. The lowest BCUT2D eigenvalue weighted by molar-refractivity contribution is -0.385. The van der Waals surface area contributed by atoms with Crippen LogP contribution < -0.4 is 10.1 Å². The van der Waals surface area contributed by atoms with Gasteiger partial charge in [0, 0.05) is 12.6 Å². The molecule has 6 heteroatoms. The largest absolute Gasteiger partial charge is 0.485 e. The van der Waals surface area contributed by atoms with Gasteiger partial charge in [0.15, 0.2) is 0 Å². The number of rotatable bonds is 5. The first-order valence-corrected chi connectivity index (χ1v) is 5.16. The molecule has 0 fully saturated rings. The van der Waals surface area contributed by atoms with Crippen LogP contribution in [0.25, 0.3) is 0 Å². The molecular formula is C9H11BrN2O3. The van der Waals surface area contributed by atoms with Gasteiger partial charge in [-0.25, -0.2) is 0 Å². The van der Waals surface area contributed by atoms with Gasteiger partial charge in [0.2, 0.25) is 5.75 Å². The van der Waals surface area contributed by atoms with E-state index in [2.05, 4.69) is 21.2 Å². The highest BCUT2D eigenvalue weighted by atomic mass is 79.9. The first-order valence-electron chi connectivity index (χ1n) is 4.37. The molecule has 0 bridgehead atoms. The van der Waals surface area contributed by atoms with Gasteiger partial charge >= 0.3 is 5.69 Å². The molecule has 0 spiro atoms. The molecule has 0 heterocycles. The monoisotopic (exact) mass is 274 g/mol. The van der Waals surface area contributed by atoms with E-state index in [0.717, 1.165) is 0 Å². The van der Waals surface area contributed by atoms with Gasteiger partial charge < -0.3 is 10.1 Å². The summed E-state index contributed by atoms with van der Waals surface area (Å²) < 4.78 is 5.91. The topological polar surface area (TPSA) is 64.4 Å². The molecule has 1 aromatic carbocycles. The molecule has 0 radical (unpaired) electrons. The highest BCUT2D eigenvalue weighted by Gasteiger charge is 2.17. The van der Waals surface area contributed by atoms with Gasteiger partial charge in [-0.15, -0.1) is 0 Å². The van der Waals surface area contributed by atoms with E-state index < -0.39 is 4.92 Å². The van der Waals surface area contributed by atoms with Gasteiger partial charge in [-0.05, 0) is 29.0 Å². The quantitative estimate of drug-likeness (QED) is 0.507. The summed E-state index contributed by atoms with van der Waals surface area (Å²) in [5.74, 6) is 0.276. The summed E-state index contributed by atoms with van der Waals surface area (Å²) in [6, 6.07) is 4.73.